The number of nitrogens with one attached hydrogen (secondary N) is 1. The summed E-state index contributed by atoms with van der Waals surface area (Å²) in [5.74, 6) is 0.142. The molecule has 2 aromatic rings. The molecule has 0 bridgehead atoms. The second kappa shape index (κ2) is 5.18. The number of amidine groups is 1. The van der Waals surface area contributed by atoms with E-state index in [1.54, 1.807) is 24.3 Å². The Kier molecular flexibility index (Phi) is 3.45. The van der Waals surface area contributed by atoms with Crippen LogP contribution in [-0.2, 0) is 10.0 Å². The van der Waals surface area contributed by atoms with Gasteiger partial charge in [-0.15, -0.1) is 4.40 Å². The second-order valence-corrected chi connectivity index (χ2v) is 6.98. The van der Waals surface area contributed by atoms with Crippen LogP contribution in [0.5, 0.6) is 0 Å². The van der Waals surface area contributed by atoms with Crippen LogP contribution < -0.4 is 5.32 Å². The van der Waals surface area contributed by atoms with Gasteiger partial charge in [-0.1, -0.05) is 28.1 Å². The molecule has 0 atom stereocenters. The second-order valence-electron chi connectivity index (χ2n) is 4.49. The Balaban J connectivity index is 2.03. The number of nitro groups is 1. The predicted octanol–water partition coefficient (Wildman–Crippen LogP) is 2.92. The van der Waals surface area contributed by atoms with Gasteiger partial charge >= 0.3 is 0 Å². The number of sulfonamides is 1. The van der Waals surface area contributed by atoms with Crippen molar-refractivity contribution in [1.29, 1.82) is 0 Å². The van der Waals surface area contributed by atoms with Crippen LogP contribution in [0.4, 0.5) is 11.4 Å². The molecule has 0 saturated carbocycles. The number of fused-ring (bicyclic) bond motifs is 1. The summed E-state index contributed by atoms with van der Waals surface area (Å²) < 4.78 is 28.1. The van der Waals surface area contributed by atoms with Crippen LogP contribution in [-0.4, -0.2) is 19.2 Å². The molecule has 0 radical (unpaired) electrons. The van der Waals surface area contributed by atoms with Crippen LogP contribution in [0.3, 0.4) is 0 Å². The zero-order valence-corrected chi connectivity index (χ0v) is 13.3. The van der Waals surface area contributed by atoms with E-state index < -0.39 is 14.9 Å². The predicted molar refractivity (Wildman–Crippen MR) is 84.6 cm³/mol. The molecule has 1 heterocycles. The van der Waals surface area contributed by atoms with Crippen LogP contribution >= 0.6 is 15.9 Å². The number of nitrogens with zero attached hydrogens (tertiary/aromatic N) is 2. The standard InChI is InChI=1S/C13H8BrN3O4S/c14-8-5-9(7-10(6-8)17(18)19)15-13-11-3-1-2-4-12(11)22(20,21)16-13/h1-7H,(H,15,16). The Morgan fingerprint density at radius 1 is 1.18 bits per heavy atom. The summed E-state index contributed by atoms with van der Waals surface area (Å²) in [4.78, 5) is 10.5. The number of anilines is 1. The first-order valence-corrected chi connectivity index (χ1v) is 8.26. The van der Waals surface area contributed by atoms with Crippen molar-refractivity contribution in [1.82, 2.24) is 0 Å². The van der Waals surface area contributed by atoms with Gasteiger partial charge in [-0.3, -0.25) is 10.1 Å². The average molecular weight is 382 g/mol. The number of rotatable bonds is 2. The normalized spacial score (nSPS) is 15.0. The molecule has 9 heteroatoms. The van der Waals surface area contributed by atoms with Gasteiger partial charge in [-0.05, 0) is 18.2 Å². The molecule has 0 saturated heterocycles. The van der Waals surface area contributed by atoms with Gasteiger partial charge in [0.15, 0.2) is 5.84 Å². The summed E-state index contributed by atoms with van der Waals surface area (Å²) in [6.07, 6.45) is 0. The van der Waals surface area contributed by atoms with E-state index in [0.29, 0.717) is 15.7 Å². The van der Waals surface area contributed by atoms with Gasteiger partial charge in [-0.25, -0.2) is 0 Å². The minimum absolute atomic E-state index is 0.113. The molecule has 1 N–H and O–H groups in total. The minimum Gasteiger partial charge on any atom is -0.339 e. The summed E-state index contributed by atoms with van der Waals surface area (Å²) in [5, 5.41) is 13.7. The highest BCUT2D eigenvalue weighted by Gasteiger charge is 2.28. The lowest BCUT2D eigenvalue weighted by atomic mass is 10.2. The molecule has 0 amide bonds. The lowest BCUT2D eigenvalue weighted by Gasteiger charge is -2.07. The molecule has 3 rings (SSSR count). The van der Waals surface area contributed by atoms with Gasteiger partial charge in [0.1, 0.15) is 4.90 Å². The van der Waals surface area contributed by atoms with Crippen molar-refractivity contribution in [3.05, 3.63) is 62.6 Å². The van der Waals surface area contributed by atoms with Gasteiger partial charge in [0.2, 0.25) is 0 Å². The molecule has 0 unspecified atom stereocenters. The summed E-state index contributed by atoms with van der Waals surface area (Å²) >= 11 is 3.18. The Morgan fingerprint density at radius 3 is 2.64 bits per heavy atom. The van der Waals surface area contributed by atoms with Gasteiger partial charge in [0, 0.05) is 27.9 Å². The zero-order valence-electron chi connectivity index (χ0n) is 10.9. The largest absolute Gasteiger partial charge is 0.339 e. The monoisotopic (exact) mass is 381 g/mol. The van der Waals surface area contributed by atoms with Crippen molar-refractivity contribution in [2.75, 3.05) is 5.32 Å². The Hall–Kier alpha value is -2.26. The summed E-state index contributed by atoms with van der Waals surface area (Å²) in [6.45, 7) is 0. The maximum absolute atomic E-state index is 12.0. The quantitative estimate of drug-likeness (QED) is 0.636. The third-order valence-electron chi connectivity index (χ3n) is 2.99. The molecule has 0 aromatic heterocycles. The first-order valence-electron chi connectivity index (χ1n) is 6.03. The van der Waals surface area contributed by atoms with E-state index in [9.17, 15) is 18.5 Å². The lowest BCUT2D eigenvalue weighted by molar-refractivity contribution is -0.384. The fourth-order valence-corrected chi connectivity index (χ4v) is 3.74. The number of hydrogen-bond donors (Lipinski definition) is 1. The van der Waals surface area contributed by atoms with Crippen molar-refractivity contribution in [3.8, 4) is 0 Å². The maximum atomic E-state index is 12.0. The molecule has 7 nitrogen and oxygen atoms in total. The van der Waals surface area contributed by atoms with E-state index >= 15 is 0 Å². The van der Waals surface area contributed by atoms with Gasteiger partial charge in [0.05, 0.1) is 4.92 Å². The fourth-order valence-electron chi connectivity index (χ4n) is 2.08. The number of nitro benzene ring substituents is 1. The van der Waals surface area contributed by atoms with Crippen molar-refractivity contribution in [2.24, 2.45) is 4.40 Å². The molecule has 0 fully saturated rings. The molecule has 1 aliphatic heterocycles. The van der Waals surface area contributed by atoms with Gasteiger partial charge in [0.25, 0.3) is 15.7 Å². The highest BCUT2D eigenvalue weighted by atomic mass is 79.9. The molecule has 112 valence electrons. The summed E-state index contributed by atoms with van der Waals surface area (Å²) in [5.41, 5.74) is 0.684. The van der Waals surface area contributed by atoms with Crippen LogP contribution in [0, 0.1) is 10.1 Å². The zero-order chi connectivity index (χ0) is 15.9. The fraction of sp³-hybridized carbons (Fsp3) is 0. The van der Waals surface area contributed by atoms with Crippen LogP contribution in [0.15, 0.2) is 56.2 Å². The van der Waals surface area contributed by atoms with Gasteiger partial charge in [-0.2, -0.15) is 8.42 Å². The van der Waals surface area contributed by atoms with E-state index in [4.69, 9.17) is 0 Å². The first kappa shape index (κ1) is 14.7. The number of non-ortho nitro benzene ring substituents is 1. The van der Waals surface area contributed by atoms with Gasteiger partial charge < -0.3 is 5.32 Å². The number of halogens is 1. The smallest absolute Gasteiger partial charge is 0.285 e. The molecule has 2 aromatic carbocycles. The van der Waals surface area contributed by atoms with Crippen molar-refractivity contribution >= 4 is 43.2 Å². The van der Waals surface area contributed by atoms with E-state index in [1.165, 1.54) is 18.2 Å². The Labute approximate surface area is 134 Å². The van der Waals surface area contributed by atoms with Crippen molar-refractivity contribution in [2.45, 2.75) is 4.90 Å². The third-order valence-corrected chi connectivity index (χ3v) is 4.78. The van der Waals surface area contributed by atoms with E-state index in [-0.39, 0.29) is 16.4 Å². The third kappa shape index (κ3) is 2.60. The first-order chi connectivity index (χ1) is 10.4. The lowest BCUT2D eigenvalue weighted by Crippen LogP contribution is -2.11. The number of hydrogen-bond acceptors (Lipinski definition) is 5. The summed E-state index contributed by atoms with van der Waals surface area (Å²) in [7, 11) is -3.73. The van der Waals surface area contributed by atoms with Crippen LogP contribution in [0.25, 0.3) is 0 Å². The van der Waals surface area contributed by atoms with Crippen LogP contribution in [0.1, 0.15) is 5.56 Å². The van der Waals surface area contributed by atoms with E-state index in [2.05, 4.69) is 25.6 Å². The van der Waals surface area contributed by atoms with Crippen LogP contribution in [0.2, 0.25) is 0 Å². The number of benzene rings is 2. The highest BCUT2D eigenvalue weighted by molar-refractivity contribution is 9.10. The summed E-state index contributed by atoms with van der Waals surface area (Å²) in [6, 6.07) is 10.7. The highest BCUT2D eigenvalue weighted by Crippen LogP contribution is 2.29. The van der Waals surface area contributed by atoms with Crippen molar-refractivity contribution in [3.63, 3.8) is 0 Å². The van der Waals surface area contributed by atoms with E-state index in [1.807, 2.05) is 0 Å². The Bertz CT molecular complexity index is 925. The minimum atomic E-state index is -3.73. The topological polar surface area (TPSA) is 102 Å². The van der Waals surface area contributed by atoms with Crippen molar-refractivity contribution < 1.29 is 13.3 Å². The Morgan fingerprint density at radius 2 is 1.91 bits per heavy atom. The molecule has 0 aliphatic carbocycles. The average Bonchev–Trinajstić information content (AvgIpc) is 2.70. The van der Waals surface area contributed by atoms with E-state index in [0.717, 1.165) is 0 Å². The molecular formula is C13H8BrN3O4S. The maximum Gasteiger partial charge on any atom is 0.285 e. The molecular weight excluding hydrogens is 374 g/mol. The molecule has 1 aliphatic rings. The SMILES string of the molecule is O=[N+]([O-])c1cc(Br)cc(NC2=NS(=O)(=O)c3ccccc32)c1. The molecule has 22 heavy (non-hydrogen) atoms. The molecule has 0 spiro atoms.